The lowest BCUT2D eigenvalue weighted by atomic mass is 10.3. The maximum Gasteiger partial charge on any atom is 0.182 e. The van der Waals surface area contributed by atoms with Crippen molar-refractivity contribution in [3.05, 3.63) is 24.1 Å². The van der Waals surface area contributed by atoms with Crippen LogP contribution in [0.5, 0.6) is 0 Å². The summed E-state index contributed by atoms with van der Waals surface area (Å²) in [6, 6.07) is 1.58. The minimum Gasteiger partial charge on any atom is -0.396 e. The SMILES string of the molecule is N/C(=C/C=O)c1ccno1. The molecule has 0 bridgehead atoms. The summed E-state index contributed by atoms with van der Waals surface area (Å²) in [5, 5.41) is 3.41. The molecule has 0 amide bonds. The van der Waals surface area contributed by atoms with Gasteiger partial charge in [0.15, 0.2) is 5.76 Å². The Labute approximate surface area is 57.3 Å². The van der Waals surface area contributed by atoms with Crippen LogP contribution < -0.4 is 5.73 Å². The zero-order valence-electron chi connectivity index (χ0n) is 5.15. The van der Waals surface area contributed by atoms with E-state index in [9.17, 15) is 4.79 Å². The molecule has 1 heterocycles. The molecule has 0 unspecified atom stereocenters. The number of hydrogen-bond donors (Lipinski definition) is 1. The maximum absolute atomic E-state index is 9.89. The van der Waals surface area contributed by atoms with E-state index in [2.05, 4.69) is 9.68 Å². The Morgan fingerprint density at radius 3 is 3.10 bits per heavy atom. The third-order valence-corrected chi connectivity index (χ3v) is 0.970. The van der Waals surface area contributed by atoms with Crippen molar-refractivity contribution in [2.45, 2.75) is 0 Å². The molecule has 0 aliphatic carbocycles. The molecule has 0 aromatic carbocycles. The Kier molecular flexibility index (Phi) is 1.84. The summed E-state index contributed by atoms with van der Waals surface area (Å²) in [6.45, 7) is 0. The van der Waals surface area contributed by atoms with Gasteiger partial charge >= 0.3 is 0 Å². The lowest BCUT2D eigenvalue weighted by Gasteiger charge is -1.88. The lowest BCUT2D eigenvalue weighted by molar-refractivity contribution is -0.104. The number of rotatable bonds is 2. The minimum atomic E-state index is 0.285. The molecule has 0 spiro atoms. The van der Waals surface area contributed by atoms with Crippen molar-refractivity contribution in [1.82, 2.24) is 5.16 Å². The molecule has 0 saturated carbocycles. The first-order valence-corrected chi connectivity index (χ1v) is 2.66. The highest BCUT2D eigenvalue weighted by Crippen LogP contribution is 2.04. The van der Waals surface area contributed by atoms with E-state index in [1.807, 2.05) is 0 Å². The Balaban J connectivity index is 2.86. The summed E-state index contributed by atoms with van der Waals surface area (Å²) in [4.78, 5) is 9.89. The molecule has 0 aliphatic heterocycles. The predicted molar refractivity (Wildman–Crippen MR) is 34.7 cm³/mol. The van der Waals surface area contributed by atoms with Crippen molar-refractivity contribution in [1.29, 1.82) is 0 Å². The smallest absolute Gasteiger partial charge is 0.182 e. The number of carbonyl (C=O) groups is 1. The second kappa shape index (κ2) is 2.82. The van der Waals surface area contributed by atoms with Crippen LogP contribution in [0.3, 0.4) is 0 Å². The first-order chi connectivity index (χ1) is 4.84. The number of allylic oxidation sites excluding steroid dienone is 1. The average Bonchev–Trinajstić information content (AvgIpc) is 2.38. The van der Waals surface area contributed by atoms with Gasteiger partial charge in [0.05, 0.1) is 11.9 Å². The van der Waals surface area contributed by atoms with Gasteiger partial charge in [-0.3, -0.25) is 4.79 Å². The van der Waals surface area contributed by atoms with Crippen LogP contribution in [0.4, 0.5) is 0 Å². The van der Waals surface area contributed by atoms with Crippen LogP contribution in [0.25, 0.3) is 5.70 Å². The summed E-state index contributed by atoms with van der Waals surface area (Å²) in [6.07, 6.45) is 3.26. The van der Waals surface area contributed by atoms with E-state index >= 15 is 0 Å². The lowest BCUT2D eigenvalue weighted by Crippen LogP contribution is -1.94. The molecule has 0 fully saturated rings. The zero-order valence-corrected chi connectivity index (χ0v) is 5.15. The predicted octanol–water partition coefficient (Wildman–Crippen LogP) is 0.173. The van der Waals surface area contributed by atoms with Gasteiger partial charge in [0.25, 0.3) is 0 Å². The quantitative estimate of drug-likeness (QED) is 0.467. The summed E-state index contributed by atoms with van der Waals surface area (Å²) < 4.78 is 4.65. The number of aromatic nitrogens is 1. The van der Waals surface area contributed by atoms with E-state index in [4.69, 9.17) is 5.73 Å². The minimum absolute atomic E-state index is 0.285. The van der Waals surface area contributed by atoms with Gasteiger partial charge in [0.1, 0.15) is 6.29 Å². The van der Waals surface area contributed by atoms with Crippen molar-refractivity contribution in [2.75, 3.05) is 0 Å². The third kappa shape index (κ3) is 1.22. The first kappa shape index (κ1) is 6.54. The van der Waals surface area contributed by atoms with Crippen molar-refractivity contribution in [3.63, 3.8) is 0 Å². The van der Waals surface area contributed by atoms with Crippen LogP contribution in [-0.4, -0.2) is 11.4 Å². The summed E-state index contributed by atoms with van der Waals surface area (Å²) >= 11 is 0. The van der Waals surface area contributed by atoms with Crippen LogP contribution in [0, 0.1) is 0 Å². The molecule has 4 nitrogen and oxygen atoms in total. The monoisotopic (exact) mass is 138 g/mol. The highest BCUT2D eigenvalue weighted by molar-refractivity contribution is 5.78. The van der Waals surface area contributed by atoms with Gasteiger partial charge in [-0.05, 0) is 0 Å². The highest BCUT2D eigenvalue weighted by atomic mass is 16.5. The van der Waals surface area contributed by atoms with Crippen LogP contribution in [-0.2, 0) is 4.79 Å². The van der Waals surface area contributed by atoms with Gasteiger partial charge in [-0.25, -0.2) is 0 Å². The Morgan fingerprint density at radius 2 is 2.60 bits per heavy atom. The topological polar surface area (TPSA) is 69.1 Å². The molecule has 0 radical (unpaired) electrons. The Hall–Kier alpha value is -1.58. The standard InChI is InChI=1S/C6H6N2O2/c7-5(2-4-9)6-1-3-8-10-6/h1-4H,7H2/b5-2+. The number of aldehydes is 1. The molecule has 1 aromatic heterocycles. The number of carbonyl (C=O) groups excluding carboxylic acids is 1. The fourth-order valence-corrected chi connectivity index (χ4v) is 0.520. The molecular weight excluding hydrogens is 132 g/mol. The van der Waals surface area contributed by atoms with Crippen LogP contribution in [0.1, 0.15) is 5.76 Å². The Bertz CT molecular complexity index is 238. The van der Waals surface area contributed by atoms with Gasteiger partial charge in [-0.2, -0.15) is 0 Å². The summed E-state index contributed by atoms with van der Waals surface area (Å²) in [5.41, 5.74) is 5.63. The van der Waals surface area contributed by atoms with Crippen LogP contribution >= 0.6 is 0 Å². The first-order valence-electron chi connectivity index (χ1n) is 2.66. The molecule has 1 aromatic rings. The molecule has 0 aliphatic rings. The van der Waals surface area contributed by atoms with E-state index in [1.54, 1.807) is 6.07 Å². The highest BCUT2D eigenvalue weighted by Gasteiger charge is 1.97. The summed E-state index contributed by atoms with van der Waals surface area (Å²) in [5.74, 6) is 0.409. The number of nitrogens with two attached hydrogens (primary N) is 1. The normalized spacial score (nSPS) is 11.4. The van der Waals surface area contributed by atoms with Crippen molar-refractivity contribution < 1.29 is 9.32 Å². The summed E-state index contributed by atoms with van der Waals surface area (Å²) in [7, 11) is 0. The molecule has 0 atom stereocenters. The molecule has 1 rings (SSSR count). The van der Waals surface area contributed by atoms with E-state index in [1.165, 1.54) is 12.3 Å². The second-order valence-corrected chi connectivity index (χ2v) is 1.63. The third-order valence-electron chi connectivity index (χ3n) is 0.970. The van der Waals surface area contributed by atoms with E-state index in [-0.39, 0.29) is 5.70 Å². The van der Waals surface area contributed by atoms with Crippen molar-refractivity contribution >= 4 is 12.0 Å². The van der Waals surface area contributed by atoms with Crippen LogP contribution in [0.2, 0.25) is 0 Å². The fraction of sp³-hybridized carbons (Fsp3) is 0. The molecule has 10 heavy (non-hydrogen) atoms. The largest absolute Gasteiger partial charge is 0.396 e. The fourth-order valence-electron chi connectivity index (χ4n) is 0.520. The van der Waals surface area contributed by atoms with E-state index in [0.717, 1.165) is 0 Å². The number of hydrogen-bond acceptors (Lipinski definition) is 4. The molecule has 0 saturated heterocycles. The van der Waals surface area contributed by atoms with Gasteiger partial charge in [0.2, 0.25) is 0 Å². The number of nitrogens with zero attached hydrogens (tertiary/aromatic N) is 1. The molecule has 2 N–H and O–H groups in total. The Morgan fingerprint density at radius 1 is 1.80 bits per heavy atom. The maximum atomic E-state index is 9.89. The van der Waals surface area contributed by atoms with Crippen molar-refractivity contribution in [3.8, 4) is 0 Å². The average molecular weight is 138 g/mol. The molecular formula is C6H6N2O2. The molecule has 52 valence electrons. The van der Waals surface area contributed by atoms with Crippen molar-refractivity contribution in [2.24, 2.45) is 5.73 Å². The second-order valence-electron chi connectivity index (χ2n) is 1.63. The molecule has 4 heteroatoms. The van der Waals surface area contributed by atoms with Gasteiger partial charge in [-0.1, -0.05) is 5.16 Å². The van der Waals surface area contributed by atoms with Gasteiger partial charge in [-0.15, -0.1) is 0 Å². The zero-order chi connectivity index (χ0) is 7.40. The van der Waals surface area contributed by atoms with E-state index < -0.39 is 0 Å². The van der Waals surface area contributed by atoms with E-state index in [0.29, 0.717) is 12.0 Å². The van der Waals surface area contributed by atoms with Crippen LogP contribution in [0.15, 0.2) is 22.9 Å². The van der Waals surface area contributed by atoms with Gasteiger partial charge < -0.3 is 10.3 Å². The van der Waals surface area contributed by atoms with Gasteiger partial charge in [0, 0.05) is 12.1 Å².